The third-order valence-electron chi connectivity index (χ3n) is 7.19. The van der Waals surface area contributed by atoms with Gasteiger partial charge in [-0.2, -0.15) is 0 Å². The van der Waals surface area contributed by atoms with Crippen LogP contribution in [0.15, 0.2) is 48.5 Å². The summed E-state index contributed by atoms with van der Waals surface area (Å²) in [6.45, 7) is -0.829. The predicted molar refractivity (Wildman–Crippen MR) is 132 cm³/mol. The number of amides is 1. The van der Waals surface area contributed by atoms with Gasteiger partial charge >= 0.3 is 228 Å². The number of hydrogen-bond donors (Lipinski definition) is 1. The molecule has 1 amide bonds. The van der Waals surface area contributed by atoms with Gasteiger partial charge in [0.25, 0.3) is 0 Å². The first-order chi connectivity index (χ1) is 18.6. The van der Waals surface area contributed by atoms with Gasteiger partial charge in [0.1, 0.15) is 0 Å². The van der Waals surface area contributed by atoms with E-state index in [4.69, 9.17) is 20.6 Å². The standard InChI is InChI=1S/C23H20ClF9N2O3P2/c24-10-9-15-11-34-40(37-18(19(38-40)22(28,29)30)21(26,27)23(31,32)33)35(12-13-5-7-14(25)8-6-13)20(36)16-3-1-2-4-17(16)39(15)40/h1-8,15,18-19,34H,9-12H2/p+1. The fraction of sp³-hybridized carbons (Fsp3) is 0.435. The van der Waals surface area contributed by atoms with E-state index in [1.165, 1.54) is 36.4 Å². The van der Waals surface area contributed by atoms with Crippen molar-refractivity contribution in [1.29, 1.82) is 0 Å². The normalized spacial score (nSPS) is 28.7. The first kappa shape index (κ1) is 29.8. The summed E-state index contributed by atoms with van der Waals surface area (Å²) in [5.74, 6) is -7.68. The summed E-state index contributed by atoms with van der Waals surface area (Å²) in [7, 11) is -8.63. The van der Waals surface area contributed by atoms with Crippen LogP contribution in [0.1, 0.15) is 22.3 Å². The molecule has 2 fully saturated rings. The fourth-order valence-electron chi connectivity index (χ4n) is 5.46. The number of nitrogens with one attached hydrogen (secondary N) is 1. The average Bonchev–Trinajstić information content (AvgIpc) is 3.40. The number of benzene rings is 2. The van der Waals surface area contributed by atoms with Crippen LogP contribution in [-0.2, 0) is 15.6 Å². The van der Waals surface area contributed by atoms with Crippen LogP contribution in [-0.4, -0.2) is 59.1 Å². The van der Waals surface area contributed by atoms with Crippen molar-refractivity contribution in [2.45, 2.75) is 49.1 Å². The summed E-state index contributed by atoms with van der Waals surface area (Å²) in [6.07, 6.45) is -19.6. The Morgan fingerprint density at radius 1 is 0.975 bits per heavy atom. The van der Waals surface area contributed by atoms with Crippen molar-refractivity contribution in [1.82, 2.24) is 9.76 Å². The van der Waals surface area contributed by atoms with E-state index in [-0.39, 0.29) is 35.3 Å². The minimum absolute atomic E-state index is 0.0219. The third-order valence-corrected chi connectivity index (χ3v) is 19.9. The third kappa shape index (κ3) is 4.32. The Balaban J connectivity index is 1.80. The molecule has 2 saturated heterocycles. The van der Waals surface area contributed by atoms with Crippen LogP contribution < -0.4 is 10.4 Å². The molecule has 3 aliphatic rings. The minimum atomic E-state index is -6.43. The quantitative estimate of drug-likeness (QED) is 0.227. The van der Waals surface area contributed by atoms with Crippen molar-refractivity contribution in [3.8, 4) is 0 Å². The zero-order valence-corrected chi connectivity index (χ0v) is 22.7. The zero-order valence-electron chi connectivity index (χ0n) is 20.1. The van der Waals surface area contributed by atoms with Crippen LogP contribution in [0.3, 0.4) is 0 Å². The number of rotatable bonds is 5. The van der Waals surface area contributed by atoms with Crippen molar-refractivity contribution in [2.24, 2.45) is 0 Å². The van der Waals surface area contributed by atoms with Gasteiger partial charge in [-0.15, -0.1) is 0 Å². The van der Waals surface area contributed by atoms with E-state index < -0.39 is 69.1 Å². The van der Waals surface area contributed by atoms with Gasteiger partial charge in [-0.1, -0.05) is 0 Å². The van der Waals surface area contributed by atoms with E-state index >= 15 is 0 Å². The van der Waals surface area contributed by atoms with E-state index in [1.54, 1.807) is 0 Å². The number of halogens is 10. The average molecular weight is 642 g/mol. The summed E-state index contributed by atoms with van der Waals surface area (Å²) in [5, 5.41) is 2.88. The van der Waals surface area contributed by atoms with Gasteiger partial charge in [0.2, 0.25) is 0 Å². The van der Waals surface area contributed by atoms with Crippen molar-refractivity contribution in [3.63, 3.8) is 0 Å². The van der Waals surface area contributed by atoms with E-state index in [0.717, 1.165) is 16.8 Å². The molecule has 3 aliphatic heterocycles. The summed E-state index contributed by atoms with van der Waals surface area (Å²) in [5.41, 5.74) is -0.491. The molecule has 0 radical (unpaired) electrons. The Hall–Kier alpha value is -1.69. The van der Waals surface area contributed by atoms with Gasteiger partial charge in [0, 0.05) is 0 Å². The van der Waals surface area contributed by atoms with Crippen molar-refractivity contribution >= 4 is 37.5 Å². The Bertz CT molecular complexity index is 1320. The van der Waals surface area contributed by atoms with Crippen LogP contribution in [0.4, 0.5) is 39.5 Å². The summed E-state index contributed by atoms with van der Waals surface area (Å²) < 4.78 is 139. The fourth-order valence-corrected chi connectivity index (χ4v) is 20.9. The Morgan fingerprint density at radius 3 is 2.20 bits per heavy atom. The molecule has 1 spiro atoms. The van der Waals surface area contributed by atoms with Gasteiger partial charge in [-0.25, -0.2) is 0 Å². The van der Waals surface area contributed by atoms with Gasteiger partial charge in [0.05, 0.1) is 0 Å². The van der Waals surface area contributed by atoms with Crippen LogP contribution in [0.5, 0.6) is 0 Å². The van der Waals surface area contributed by atoms with E-state index in [1.807, 2.05) is 0 Å². The molecule has 2 aromatic carbocycles. The molecule has 2 aromatic rings. The molecule has 0 bridgehead atoms. The van der Waals surface area contributed by atoms with Crippen molar-refractivity contribution < 1.29 is 53.4 Å². The molecule has 5 nitrogen and oxygen atoms in total. The number of hydrogen-bond acceptors (Lipinski definition) is 4. The topological polar surface area (TPSA) is 50.8 Å². The Morgan fingerprint density at radius 2 is 1.60 bits per heavy atom. The number of carbonyl (C=O) groups excluding carboxylic acids is 1. The summed E-state index contributed by atoms with van der Waals surface area (Å²) in [4.78, 5) is 13.9. The van der Waals surface area contributed by atoms with Gasteiger partial charge in [0.15, 0.2) is 0 Å². The number of alkyl halides is 9. The van der Waals surface area contributed by atoms with Gasteiger partial charge in [-0.05, 0) is 0 Å². The molecule has 4 atom stereocenters. The molecule has 1 N–H and O–H groups in total. The molecule has 3 heterocycles. The zero-order chi connectivity index (χ0) is 29.3. The summed E-state index contributed by atoms with van der Waals surface area (Å²) in [6, 6.07) is 10.2. The van der Waals surface area contributed by atoms with Crippen LogP contribution in [0.2, 0.25) is 0 Å². The molecule has 0 saturated carbocycles. The molecule has 220 valence electrons. The van der Waals surface area contributed by atoms with Crippen molar-refractivity contribution in [3.05, 3.63) is 65.5 Å². The van der Waals surface area contributed by atoms with Crippen LogP contribution >= 0.6 is 26.3 Å². The number of nitrogens with zero attached hydrogens (tertiary/aromatic N) is 1. The molecule has 4 unspecified atom stereocenters. The number of carbonyl (C=O) groups is 1. The van der Waals surface area contributed by atoms with Crippen LogP contribution in [0.25, 0.3) is 0 Å². The van der Waals surface area contributed by atoms with E-state index in [0.29, 0.717) is 0 Å². The molecule has 40 heavy (non-hydrogen) atoms. The second-order valence-corrected chi connectivity index (χ2v) is 19.0. The number of fused-ring (bicyclic) bond motifs is 2. The molecule has 5 rings (SSSR count). The van der Waals surface area contributed by atoms with Gasteiger partial charge in [-0.3, -0.25) is 0 Å². The maximum atomic E-state index is 14.9. The van der Waals surface area contributed by atoms with E-state index in [2.05, 4.69) is 5.09 Å². The maximum absolute atomic E-state index is 14.9. The SMILES string of the molecule is O=C1c2ccccc2[PH+]2C(CCCl)CNP23(OC(C(F)(F)F)C(C(F)(F)C(F)(F)F)O3)N1Cc1ccc(F)cc1. The Kier molecular flexibility index (Phi) is 7.20. The monoisotopic (exact) mass is 641 g/mol. The molecule has 17 heteroatoms. The summed E-state index contributed by atoms with van der Waals surface area (Å²) >= 11 is 5.96. The molecule has 0 aromatic heterocycles. The Labute approximate surface area is 227 Å². The first-order valence-electron chi connectivity index (χ1n) is 11.8. The molecule has 0 aliphatic carbocycles. The first-order valence-corrected chi connectivity index (χ1v) is 16.8. The second-order valence-electron chi connectivity index (χ2n) is 9.59. The van der Waals surface area contributed by atoms with Gasteiger partial charge < -0.3 is 0 Å². The molecular weight excluding hydrogens is 621 g/mol. The molecular formula is C23H21ClF9N2O3P2+. The predicted octanol–water partition coefficient (Wildman–Crippen LogP) is 6.59. The van der Waals surface area contributed by atoms with Crippen molar-refractivity contribution in [2.75, 3.05) is 12.4 Å². The van der Waals surface area contributed by atoms with Crippen LogP contribution in [0, 0.1) is 5.82 Å². The second kappa shape index (κ2) is 9.67. The van der Waals surface area contributed by atoms with E-state index in [9.17, 15) is 44.3 Å².